The molecule has 0 unspecified atom stereocenters. The van der Waals surface area contributed by atoms with E-state index >= 15 is 0 Å². The lowest BCUT2D eigenvalue weighted by molar-refractivity contribution is -0.0564. The van der Waals surface area contributed by atoms with Crippen LogP contribution >= 0.6 is 7.14 Å². The van der Waals surface area contributed by atoms with E-state index in [1.54, 1.807) is 13.3 Å². The number of likely N-dealkylation sites (N-methyl/N-ethyl adjacent to an activating group) is 1. The van der Waals surface area contributed by atoms with Gasteiger partial charge in [-0.3, -0.25) is 0 Å². The van der Waals surface area contributed by atoms with Crippen LogP contribution in [0, 0.1) is 0 Å². The highest BCUT2D eigenvalue weighted by atomic mass is 31.2. The van der Waals surface area contributed by atoms with Crippen LogP contribution in [0.2, 0.25) is 0 Å². The summed E-state index contributed by atoms with van der Waals surface area (Å²) in [5.74, 6) is 2.39. The van der Waals surface area contributed by atoms with Gasteiger partial charge in [-0.1, -0.05) is 30.4 Å². The molecule has 0 atom stereocenters. The van der Waals surface area contributed by atoms with Crippen molar-refractivity contribution < 1.29 is 9.30 Å². The minimum atomic E-state index is -2.47. The van der Waals surface area contributed by atoms with Gasteiger partial charge in [-0.15, -0.1) is 0 Å². The highest BCUT2D eigenvalue weighted by Crippen LogP contribution is 2.39. The molecule has 228 valence electrons. The zero-order valence-electron chi connectivity index (χ0n) is 25.9. The third-order valence-corrected chi connectivity index (χ3v) is 10.2. The summed E-state index contributed by atoms with van der Waals surface area (Å²) in [6.07, 6.45) is 5.54. The largest absolute Gasteiger partial charge is 0.494 e. The number of rotatable bonds is 9. The van der Waals surface area contributed by atoms with Crippen LogP contribution in [0.15, 0.2) is 48.5 Å². The summed E-state index contributed by atoms with van der Waals surface area (Å²) in [6, 6.07) is 14.4. The van der Waals surface area contributed by atoms with Crippen LogP contribution in [0.5, 0.6) is 5.75 Å². The van der Waals surface area contributed by atoms with E-state index in [0.717, 1.165) is 104 Å². The number of benzene rings is 2. The number of fused-ring (bicyclic) bond motifs is 1. The van der Waals surface area contributed by atoms with Crippen molar-refractivity contribution in [2.45, 2.75) is 19.8 Å². The van der Waals surface area contributed by atoms with Crippen LogP contribution in [0.1, 0.15) is 29.6 Å². The van der Waals surface area contributed by atoms with Crippen molar-refractivity contribution in [3.8, 4) is 5.75 Å². The molecule has 3 aliphatic rings. The third kappa shape index (κ3) is 6.80. The topological polar surface area (TPSA) is 77.1 Å². The molecule has 10 heteroatoms. The Hall–Kier alpha value is -3.23. The maximum atomic E-state index is 13.0. The summed E-state index contributed by atoms with van der Waals surface area (Å²) in [5.41, 5.74) is 5.11. The zero-order chi connectivity index (χ0) is 30.0. The van der Waals surface area contributed by atoms with Gasteiger partial charge in [0.25, 0.3) is 0 Å². The number of hydrogen-bond acceptors (Lipinski definition) is 9. The van der Waals surface area contributed by atoms with E-state index in [-0.39, 0.29) is 0 Å². The SMILES string of the molecule is CCOc1cc(N2CCN(N3CCN(C)CC3)CC2)ccc1Cc1nc2c(c(Nc3ccccc3P(C)(C)=O)n1)C=CC2. The number of hydrazine groups is 1. The average Bonchev–Trinajstić information content (AvgIpc) is 3.48. The normalized spacial score (nSPS) is 18.2. The standard InChI is InChI=1S/C33H44N7O2P/c1-5-42-30-24-26(38-17-21-40(22-18-38)39-19-15-37(2)16-20-39)14-13-25(30)23-32-34-28-11-8-9-27(28)33(36-32)35-29-10-6-7-12-31(29)43(3,4)41/h6-10,12-14,24H,5,11,15-23H2,1-4H3,(H,34,35,36). The molecule has 2 fully saturated rings. The number of piperazine rings is 2. The quantitative estimate of drug-likeness (QED) is 0.361. The van der Waals surface area contributed by atoms with E-state index in [9.17, 15) is 4.57 Å². The molecule has 43 heavy (non-hydrogen) atoms. The fraction of sp³-hybridized carbons (Fsp3) is 0.455. The molecule has 1 aliphatic carbocycles. The third-order valence-electron chi connectivity index (χ3n) is 8.60. The summed E-state index contributed by atoms with van der Waals surface area (Å²) in [7, 11) is -0.270. The molecule has 1 N–H and O–H groups in total. The highest BCUT2D eigenvalue weighted by Gasteiger charge is 2.26. The first-order valence-corrected chi connectivity index (χ1v) is 18.1. The van der Waals surface area contributed by atoms with Gasteiger partial charge in [-0.05, 0) is 45.5 Å². The fourth-order valence-electron chi connectivity index (χ4n) is 6.20. The summed E-state index contributed by atoms with van der Waals surface area (Å²) in [6.45, 7) is 14.8. The van der Waals surface area contributed by atoms with Crippen LogP contribution < -0.4 is 20.3 Å². The lowest BCUT2D eigenvalue weighted by Gasteiger charge is -2.44. The Kier molecular flexibility index (Phi) is 8.87. The van der Waals surface area contributed by atoms with Gasteiger partial charge in [0.1, 0.15) is 24.5 Å². The Morgan fingerprint density at radius 1 is 0.930 bits per heavy atom. The van der Waals surface area contributed by atoms with Crippen LogP contribution in [0.3, 0.4) is 0 Å². The van der Waals surface area contributed by atoms with Crippen molar-refractivity contribution in [3.05, 3.63) is 71.2 Å². The summed E-state index contributed by atoms with van der Waals surface area (Å²) in [5, 5.41) is 9.39. The maximum absolute atomic E-state index is 13.0. The summed E-state index contributed by atoms with van der Waals surface area (Å²) < 4.78 is 19.2. The van der Waals surface area contributed by atoms with Gasteiger partial charge in [-0.25, -0.2) is 20.0 Å². The molecule has 9 nitrogen and oxygen atoms in total. The summed E-state index contributed by atoms with van der Waals surface area (Å²) in [4.78, 5) is 14.8. The van der Waals surface area contributed by atoms with Crippen molar-refractivity contribution >= 4 is 35.7 Å². The Morgan fingerprint density at radius 2 is 1.65 bits per heavy atom. The van der Waals surface area contributed by atoms with Crippen LogP contribution in [-0.2, 0) is 17.4 Å². The first kappa shape index (κ1) is 29.8. The Bertz CT molecular complexity index is 1520. The van der Waals surface area contributed by atoms with Crippen molar-refractivity contribution in [1.29, 1.82) is 0 Å². The van der Waals surface area contributed by atoms with Gasteiger partial charge in [-0.2, -0.15) is 0 Å². The molecule has 1 aromatic heterocycles. The molecular weight excluding hydrogens is 557 g/mol. The van der Waals surface area contributed by atoms with E-state index in [2.05, 4.69) is 62.5 Å². The van der Waals surface area contributed by atoms with E-state index in [1.807, 2.05) is 31.2 Å². The molecule has 0 bridgehead atoms. The number of hydrogen-bond donors (Lipinski definition) is 1. The van der Waals surface area contributed by atoms with Gasteiger partial charge in [0.15, 0.2) is 0 Å². The first-order chi connectivity index (χ1) is 20.8. The molecular formula is C33H44N7O2P. The van der Waals surface area contributed by atoms with Gasteiger partial charge in [0, 0.05) is 93.4 Å². The van der Waals surface area contributed by atoms with Crippen LogP contribution in [0.25, 0.3) is 6.08 Å². The van der Waals surface area contributed by atoms with Crippen LogP contribution in [-0.4, -0.2) is 104 Å². The van der Waals surface area contributed by atoms with Gasteiger partial charge >= 0.3 is 0 Å². The number of allylic oxidation sites excluding steroid dienone is 1. The predicted octanol–water partition coefficient (Wildman–Crippen LogP) is 4.31. The van der Waals surface area contributed by atoms with Crippen LogP contribution in [0.4, 0.5) is 17.2 Å². The Balaban J connectivity index is 1.20. The molecule has 2 aromatic carbocycles. The number of nitrogens with one attached hydrogen (secondary N) is 1. The van der Waals surface area contributed by atoms with E-state index in [4.69, 9.17) is 14.7 Å². The van der Waals surface area contributed by atoms with Gasteiger partial charge in [0.2, 0.25) is 0 Å². The van der Waals surface area contributed by atoms with Crippen molar-refractivity contribution in [2.75, 3.05) is 89.6 Å². The molecule has 2 aliphatic heterocycles. The van der Waals surface area contributed by atoms with Gasteiger partial charge in [0.05, 0.1) is 18.0 Å². The van der Waals surface area contributed by atoms with Crippen molar-refractivity contribution in [1.82, 2.24) is 24.9 Å². The second-order valence-corrected chi connectivity index (χ2v) is 15.2. The molecule has 0 radical (unpaired) electrons. The summed E-state index contributed by atoms with van der Waals surface area (Å²) >= 11 is 0. The second-order valence-electron chi connectivity index (χ2n) is 12.0. The molecule has 2 saturated heterocycles. The van der Waals surface area contributed by atoms with E-state index in [0.29, 0.717) is 13.0 Å². The van der Waals surface area contributed by atoms with E-state index in [1.165, 1.54) is 5.69 Å². The average molecular weight is 602 g/mol. The van der Waals surface area contributed by atoms with Crippen molar-refractivity contribution in [3.63, 3.8) is 0 Å². The van der Waals surface area contributed by atoms with E-state index < -0.39 is 7.14 Å². The Labute approximate surface area is 255 Å². The lowest BCUT2D eigenvalue weighted by atomic mass is 10.1. The molecule has 0 spiro atoms. The smallest absolute Gasteiger partial charge is 0.141 e. The monoisotopic (exact) mass is 601 g/mol. The Morgan fingerprint density at radius 3 is 2.37 bits per heavy atom. The van der Waals surface area contributed by atoms with Crippen molar-refractivity contribution in [2.24, 2.45) is 0 Å². The molecule has 3 heterocycles. The number of nitrogens with zero attached hydrogens (tertiary/aromatic N) is 6. The molecule has 6 rings (SSSR count). The number of ether oxygens (including phenoxy) is 1. The minimum Gasteiger partial charge on any atom is -0.494 e. The maximum Gasteiger partial charge on any atom is 0.141 e. The molecule has 0 saturated carbocycles. The predicted molar refractivity (Wildman–Crippen MR) is 177 cm³/mol. The lowest BCUT2D eigenvalue weighted by Crippen LogP contribution is -2.58. The van der Waals surface area contributed by atoms with Gasteiger partial charge < -0.3 is 24.4 Å². The number of anilines is 3. The minimum absolute atomic E-state index is 0.566. The number of aromatic nitrogens is 2. The zero-order valence-corrected chi connectivity index (χ0v) is 26.8. The fourth-order valence-corrected chi connectivity index (χ4v) is 7.35. The second kappa shape index (κ2) is 12.8. The molecule has 0 amide bonds. The highest BCUT2D eigenvalue weighted by molar-refractivity contribution is 7.70. The first-order valence-electron chi connectivity index (χ1n) is 15.5. The molecule has 3 aromatic rings. The number of para-hydroxylation sites is 1.